The number of methoxy groups -OCH3 is 1. The van der Waals surface area contributed by atoms with Crippen molar-refractivity contribution < 1.29 is 14.3 Å². The van der Waals surface area contributed by atoms with Crippen molar-refractivity contribution >= 4 is 17.5 Å². The number of ether oxygens (including phenoxy) is 1. The van der Waals surface area contributed by atoms with Gasteiger partial charge in [0.2, 0.25) is 11.8 Å². The van der Waals surface area contributed by atoms with Gasteiger partial charge in [0.1, 0.15) is 0 Å². The lowest BCUT2D eigenvalue weighted by Gasteiger charge is -2.07. The van der Waals surface area contributed by atoms with E-state index in [-0.39, 0.29) is 11.8 Å². The molecular formula is C16H17N3O3. The highest BCUT2D eigenvalue weighted by Crippen LogP contribution is 2.10. The summed E-state index contributed by atoms with van der Waals surface area (Å²) in [6.07, 6.45) is 1.65. The Kier molecular flexibility index (Phi) is 5.08. The summed E-state index contributed by atoms with van der Waals surface area (Å²) >= 11 is 0. The molecule has 1 heterocycles. The second-order valence-corrected chi connectivity index (χ2v) is 4.65. The van der Waals surface area contributed by atoms with Crippen molar-refractivity contribution in [3.8, 4) is 5.88 Å². The predicted molar refractivity (Wildman–Crippen MR) is 82.7 cm³/mol. The van der Waals surface area contributed by atoms with E-state index in [0.717, 1.165) is 5.56 Å². The lowest BCUT2D eigenvalue weighted by Crippen LogP contribution is -2.22. The van der Waals surface area contributed by atoms with Crippen molar-refractivity contribution in [1.29, 1.82) is 0 Å². The number of carbonyl (C=O) groups is 2. The van der Waals surface area contributed by atoms with Gasteiger partial charge in [-0.15, -0.1) is 0 Å². The van der Waals surface area contributed by atoms with Crippen LogP contribution in [0.5, 0.6) is 5.88 Å². The standard InChI is InChI=1S/C16H17N3O3/c1-11(20)19-14-6-4-13(5-7-14)16(21)18-10-12-3-8-15(22-2)17-9-12/h3-9H,10H2,1-2H3,(H,18,21)(H,19,20). The number of anilines is 1. The van der Waals surface area contributed by atoms with Gasteiger partial charge in [-0.25, -0.2) is 4.98 Å². The van der Waals surface area contributed by atoms with Crippen LogP contribution in [-0.2, 0) is 11.3 Å². The van der Waals surface area contributed by atoms with E-state index in [1.54, 1.807) is 43.6 Å². The smallest absolute Gasteiger partial charge is 0.251 e. The molecule has 2 amide bonds. The highest BCUT2D eigenvalue weighted by Gasteiger charge is 2.06. The molecule has 0 atom stereocenters. The molecule has 2 aromatic rings. The Morgan fingerprint density at radius 1 is 1.14 bits per heavy atom. The second-order valence-electron chi connectivity index (χ2n) is 4.65. The molecule has 0 fully saturated rings. The first-order valence-electron chi connectivity index (χ1n) is 6.73. The molecule has 0 bridgehead atoms. The van der Waals surface area contributed by atoms with Crippen molar-refractivity contribution in [2.75, 3.05) is 12.4 Å². The second kappa shape index (κ2) is 7.21. The maximum atomic E-state index is 12.0. The van der Waals surface area contributed by atoms with E-state index >= 15 is 0 Å². The summed E-state index contributed by atoms with van der Waals surface area (Å²) in [5.74, 6) is 0.193. The Labute approximate surface area is 128 Å². The molecule has 0 unspecified atom stereocenters. The van der Waals surface area contributed by atoms with E-state index in [9.17, 15) is 9.59 Å². The molecule has 1 aromatic heterocycles. The van der Waals surface area contributed by atoms with E-state index in [1.807, 2.05) is 6.07 Å². The molecule has 22 heavy (non-hydrogen) atoms. The van der Waals surface area contributed by atoms with Crippen LogP contribution in [0.4, 0.5) is 5.69 Å². The van der Waals surface area contributed by atoms with Crippen LogP contribution in [0.2, 0.25) is 0 Å². The van der Waals surface area contributed by atoms with Crippen LogP contribution < -0.4 is 15.4 Å². The van der Waals surface area contributed by atoms with Gasteiger partial charge in [0, 0.05) is 37.0 Å². The molecule has 0 saturated heterocycles. The van der Waals surface area contributed by atoms with Crippen molar-refractivity contribution in [1.82, 2.24) is 10.3 Å². The number of amides is 2. The van der Waals surface area contributed by atoms with E-state index < -0.39 is 0 Å². The Balaban J connectivity index is 1.92. The molecule has 114 valence electrons. The van der Waals surface area contributed by atoms with Gasteiger partial charge in [-0.2, -0.15) is 0 Å². The van der Waals surface area contributed by atoms with Crippen molar-refractivity contribution in [3.63, 3.8) is 0 Å². The van der Waals surface area contributed by atoms with Crippen molar-refractivity contribution in [3.05, 3.63) is 53.7 Å². The van der Waals surface area contributed by atoms with E-state index in [4.69, 9.17) is 4.74 Å². The summed E-state index contributed by atoms with van der Waals surface area (Å²) in [4.78, 5) is 27.0. The molecule has 0 aliphatic rings. The summed E-state index contributed by atoms with van der Waals surface area (Å²) in [7, 11) is 1.55. The molecule has 0 spiro atoms. The van der Waals surface area contributed by atoms with Gasteiger partial charge < -0.3 is 15.4 Å². The van der Waals surface area contributed by atoms with Gasteiger partial charge >= 0.3 is 0 Å². The third-order valence-corrected chi connectivity index (χ3v) is 2.93. The quantitative estimate of drug-likeness (QED) is 0.884. The molecule has 6 heteroatoms. The lowest BCUT2D eigenvalue weighted by molar-refractivity contribution is -0.114. The number of aromatic nitrogens is 1. The normalized spacial score (nSPS) is 9.91. The number of nitrogens with one attached hydrogen (secondary N) is 2. The zero-order valence-electron chi connectivity index (χ0n) is 12.4. The summed E-state index contributed by atoms with van der Waals surface area (Å²) in [6.45, 7) is 1.81. The highest BCUT2D eigenvalue weighted by atomic mass is 16.5. The maximum absolute atomic E-state index is 12.0. The third-order valence-electron chi connectivity index (χ3n) is 2.93. The molecule has 2 rings (SSSR count). The molecular weight excluding hydrogens is 282 g/mol. The van der Waals surface area contributed by atoms with Crippen LogP contribution in [0.25, 0.3) is 0 Å². The van der Waals surface area contributed by atoms with Crippen LogP contribution in [0.1, 0.15) is 22.8 Å². The lowest BCUT2D eigenvalue weighted by atomic mass is 10.2. The average Bonchev–Trinajstić information content (AvgIpc) is 2.53. The predicted octanol–water partition coefficient (Wildman–Crippen LogP) is 1.98. The number of nitrogens with zero attached hydrogens (tertiary/aromatic N) is 1. The molecule has 2 N–H and O–H groups in total. The Hall–Kier alpha value is -2.89. The minimum atomic E-state index is -0.190. The Morgan fingerprint density at radius 3 is 2.41 bits per heavy atom. The molecule has 1 aromatic carbocycles. The van der Waals surface area contributed by atoms with Crippen LogP contribution in [0, 0.1) is 0 Å². The average molecular weight is 299 g/mol. The van der Waals surface area contributed by atoms with Crippen LogP contribution in [0.3, 0.4) is 0 Å². The number of hydrogen-bond donors (Lipinski definition) is 2. The van der Waals surface area contributed by atoms with E-state index in [1.165, 1.54) is 6.92 Å². The minimum absolute atomic E-state index is 0.149. The molecule has 0 aliphatic carbocycles. The SMILES string of the molecule is COc1ccc(CNC(=O)c2ccc(NC(C)=O)cc2)cn1. The van der Waals surface area contributed by atoms with Gasteiger partial charge in [-0.05, 0) is 29.8 Å². The Bertz CT molecular complexity index is 651. The zero-order valence-corrected chi connectivity index (χ0v) is 12.4. The monoisotopic (exact) mass is 299 g/mol. The van der Waals surface area contributed by atoms with Gasteiger partial charge in [-0.1, -0.05) is 6.07 Å². The third kappa shape index (κ3) is 4.31. The molecule has 6 nitrogen and oxygen atoms in total. The van der Waals surface area contributed by atoms with Gasteiger partial charge in [0.25, 0.3) is 5.91 Å². The van der Waals surface area contributed by atoms with Gasteiger partial charge in [0.05, 0.1) is 7.11 Å². The first-order valence-corrected chi connectivity index (χ1v) is 6.73. The fraction of sp³-hybridized carbons (Fsp3) is 0.188. The van der Waals surface area contributed by atoms with Crippen molar-refractivity contribution in [2.45, 2.75) is 13.5 Å². The summed E-state index contributed by atoms with van der Waals surface area (Å²) in [6, 6.07) is 10.3. The van der Waals surface area contributed by atoms with Crippen LogP contribution in [-0.4, -0.2) is 23.9 Å². The maximum Gasteiger partial charge on any atom is 0.251 e. The number of carbonyl (C=O) groups excluding carboxylic acids is 2. The molecule has 0 radical (unpaired) electrons. The zero-order chi connectivity index (χ0) is 15.9. The fourth-order valence-electron chi connectivity index (χ4n) is 1.83. The van der Waals surface area contributed by atoms with Crippen LogP contribution >= 0.6 is 0 Å². The first-order chi connectivity index (χ1) is 10.6. The van der Waals surface area contributed by atoms with E-state index in [2.05, 4.69) is 15.6 Å². The summed E-state index contributed by atoms with van der Waals surface area (Å²) in [5.41, 5.74) is 2.06. The first kappa shape index (κ1) is 15.5. The summed E-state index contributed by atoms with van der Waals surface area (Å²) < 4.78 is 4.97. The topological polar surface area (TPSA) is 80.3 Å². The number of pyridine rings is 1. The minimum Gasteiger partial charge on any atom is -0.481 e. The van der Waals surface area contributed by atoms with E-state index in [0.29, 0.717) is 23.7 Å². The Morgan fingerprint density at radius 2 is 1.86 bits per heavy atom. The molecule has 0 aliphatic heterocycles. The molecule has 0 saturated carbocycles. The van der Waals surface area contributed by atoms with Crippen LogP contribution in [0.15, 0.2) is 42.6 Å². The largest absolute Gasteiger partial charge is 0.481 e. The highest BCUT2D eigenvalue weighted by molar-refractivity contribution is 5.95. The van der Waals surface area contributed by atoms with Crippen molar-refractivity contribution in [2.24, 2.45) is 0 Å². The summed E-state index contributed by atoms with van der Waals surface area (Å²) in [5, 5.41) is 5.45. The van der Waals surface area contributed by atoms with Gasteiger partial charge in [-0.3, -0.25) is 9.59 Å². The number of benzene rings is 1. The number of hydrogen-bond acceptors (Lipinski definition) is 4. The number of rotatable bonds is 5. The fourth-order valence-corrected chi connectivity index (χ4v) is 1.83. The van der Waals surface area contributed by atoms with Gasteiger partial charge in [0.15, 0.2) is 0 Å².